The van der Waals surface area contributed by atoms with Crippen LogP contribution in [-0.2, 0) is 0 Å². The third-order valence-corrected chi connectivity index (χ3v) is 4.44. The lowest BCUT2D eigenvalue weighted by atomic mass is 10.0. The molecule has 3 aromatic rings. The van der Waals surface area contributed by atoms with Crippen LogP contribution in [0.3, 0.4) is 0 Å². The molecule has 1 heterocycles. The van der Waals surface area contributed by atoms with Crippen molar-refractivity contribution in [3.63, 3.8) is 0 Å². The van der Waals surface area contributed by atoms with E-state index in [9.17, 15) is 14.0 Å². The minimum Gasteiger partial charge on any atom is -0.319 e. The van der Waals surface area contributed by atoms with Crippen molar-refractivity contribution < 1.29 is 14.0 Å². The Hall–Kier alpha value is -2.50. The summed E-state index contributed by atoms with van der Waals surface area (Å²) in [5, 5.41) is 4.50. The monoisotopic (exact) mass is 359 g/mol. The first-order valence-corrected chi connectivity index (χ1v) is 8.25. The molecule has 0 saturated heterocycles. The van der Waals surface area contributed by atoms with Crippen LogP contribution in [0.15, 0.2) is 60.0 Å². The standard InChI is InChI=1S/C18H11ClFNO2S/c19-11-7-8-15(14(20)10-11)21-18(23)13-5-2-1-4-12(13)17(22)16-6-3-9-24-16/h1-10H,(H,21,23). The Morgan fingerprint density at radius 2 is 1.75 bits per heavy atom. The molecule has 0 bridgehead atoms. The molecule has 0 unspecified atom stereocenters. The van der Waals surface area contributed by atoms with Crippen LogP contribution in [-0.4, -0.2) is 11.7 Å². The van der Waals surface area contributed by atoms with Crippen LogP contribution in [0, 0.1) is 5.82 Å². The average molecular weight is 360 g/mol. The molecule has 0 aliphatic carbocycles. The van der Waals surface area contributed by atoms with Crippen molar-refractivity contribution >= 4 is 40.3 Å². The number of rotatable bonds is 4. The Kier molecular flexibility index (Phi) is 4.74. The third-order valence-electron chi connectivity index (χ3n) is 3.34. The molecule has 0 spiro atoms. The summed E-state index contributed by atoms with van der Waals surface area (Å²) in [7, 11) is 0. The molecule has 3 nitrogen and oxygen atoms in total. The highest BCUT2D eigenvalue weighted by Crippen LogP contribution is 2.22. The molecule has 120 valence electrons. The van der Waals surface area contributed by atoms with E-state index in [1.165, 1.54) is 29.5 Å². The van der Waals surface area contributed by atoms with E-state index < -0.39 is 11.7 Å². The Bertz CT molecular complexity index is 909. The predicted octanol–water partition coefficient (Wildman–Crippen LogP) is 5.02. The van der Waals surface area contributed by atoms with Gasteiger partial charge >= 0.3 is 0 Å². The minimum absolute atomic E-state index is 0.00257. The number of amides is 1. The maximum absolute atomic E-state index is 13.8. The largest absolute Gasteiger partial charge is 0.319 e. The smallest absolute Gasteiger partial charge is 0.256 e. The zero-order valence-electron chi connectivity index (χ0n) is 12.3. The lowest BCUT2D eigenvalue weighted by Crippen LogP contribution is -2.17. The fourth-order valence-electron chi connectivity index (χ4n) is 2.20. The first-order chi connectivity index (χ1) is 11.6. The van der Waals surface area contributed by atoms with E-state index in [0.29, 0.717) is 4.88 Å². The highest BCUT2D eigenvalue weighted by molar-refractivity contribution is 7.12. The van der Waals surface area contributed by atoms with Gasteiger partial charge in [-0.1, -0.05) is 35.9 Å². The van der Waals surface area contributed by atoms with Crippen molar-refractivity contribution in [2.75, 3.05) is 5.32 Å². The fourth-order valence-corrected chi connectivity index (χ4v) is 3.04. The highest BCUT2D eigenvalue weighted by atomic mass is 35.5. The van der Waals surface area contributed by atoms with Crippen LogP contribution in [0.1, 0.15) is 25.6 Å². The van der Waals surface area contributed by atoms with E-state index in [-0.39, 0.29) is 27.6 Å². The second kappa shape index (κ2) is 6.95. The Morgan fingerprint density at radius 3 is 2.42 bits per heavy atom. The Morgan fingerprint density at radius 1 is 1.00 bits per heavy atom. The average Bonchev–Trinajstić information content (AvgIpc) is 3.11. The normalized spacial score (nSPS) is 10.4. The molecule has 1 N–H and O–H groups in total. The topological polar surface area (TPSA) is 46.2 Å². The van der Waals surface area contributed by atoms with Crippen molar-refractivity contribution in [2.24, 2.45) is 0 Å². The van der Waals surface area contributed by atoms with Crippen molar-refractivity contribution in [3.05, 3.63) is 86.8 Å². The SMILES string of the molecule is O=C(Nc1ccc(Cl)cc1F)c1ccccc1C(=O)c1cccs1. The molecule has 6 heteroatoms. The van der Waals surface area contributed by atoms with Gasteiger partial charge in [0.2, 0.25) is 5.78 Å². The molecule has 2 aromatic carbocycles. The van der Waals surface area contributed by atoms with Crippen LogP contribution in [0.25, 0.3) is 0 Å². The van der Waals surface area contributed by atoms with Gasteiger partial charge < -0.3 is 5.32 Å². The lowest BCUT2D eigenvalue weighted by molar-refractivity contribution is 0.0997. The number of nitrogens with one attached hydrogen (secondary N) is 1. The number of benzene rings is 2. The van der Waals surface area contributed by atoms with E-state index in [1.807, 2.05) is 0 Å². The first-order valence-electron chi connectivity index (χ1n) is 7.00. The summed E-state index contributed by atoms with van der Waals surface area (Å²) in [6.07, 6.45) is 0. The van der Waals surface area contributed by atoms with Gasteiger partial charge in [0.05, 0.1) is 16.1 Å². The van der Waals surface area contributed by atoms with E-state index in [2.05, 4.69) is 5.32 Å². The summed E-state index contributed by atoms with van der Waals surface area (Å²) < 4.78 is 13.8. The minimum atomic E-state index is -0.641. The van der Waals surface area contributed by atoms with Gasteiger partial charge in [0, 0.05) is 10.6 Å². The summed E-state index contributed by atoms with van der Waals surface area (Å²) in [5.41, 5.74) is 0.458. The van der Waals surface area contributed by atoms with Gasteiger partial charge in [-0.25, -0.2) is 4.39 Å². The summed E-state index contributed by atoms with van der Waals surface area (Å²) in [5.74, 6) is -1.44. The maximum atomic E-state index is 13.8. The molecule has 0 radical (unpaired) electrons. The molecule has 0 aliphatic rings. The number of ketones is 1. The number of hydrogen-bond acceptors (Lipinski definition) is 3. The van der Waals surface area contributed by atoms with Gasteiger partial charge in [0.1, 0.15) is 5.82 Å². The van der Waals surface area contributed by atoms with E-state index in [1.54, 1.807) is 35.7 Å². The van der Waals surface area contributed by atoms with Gasteiger partial charge in [-0.15, -0.1) is 11.3 Å². The van der Waals surface area contributed by atoms with Crippen molar-refractivity contribution in [1.29, 1.82) is 0 Å². The van der Waals surface area contributed by atoms with Gasteiger partial charge in [0.25, 0.3) is 5.91 Å². The molecule has 0 fully saturated rings. The van der Waals surface area contributed by atoms with E-state index in [0.717, 1.165) is 6.07 Å². The van der Waals surface area contributed by atoms with Gasteiger partial charge in [0.15, 0.2) is 0 Å². The van der Waals surface area contributed by atoms with Crippen LogP contribution < -0.4 is 5.32 Å². The molecule has 24 heavy (non-hydrogen) atoms. The number of carbonyl (C=O) groups excluding carboxylic acids is 2. The van der Waals surface area contributed by atoms with Gasteiger partial charge in [-0.3, -0.25) is 9.59 Å². The molecular weight excluding hydrogens is 349 g/mol. The summed E-state index contributed by atoms with van der Waals surface area (Å²) in [6, 6.07) is 13.9. The highest BCUT2D eigenvalue weighted by Gasteiger charge is 2.19. The summed E-state index contributed by atoms with van der Waals surface area (Å²) in [6.45, 7) is 0. The van der Waals surface area contributed by atoms with Crippen LogP contribution in [0.4, 0.5) is 10.1 Å². The second-order valence-corrected chi connectivity index (χ2v) is 6.31. The molecule has 1 aromatic heterocycles. The zero-order valence-corrected chi connectivity index (χ0v) is 13.8. The molecule has 0 aliphatic heterocycles. The van der Waals surface area contributed by atoms with Gasteiger partial charge in [-0.2, -0.15) is 0 Å². The van der Waals surface area contributed by atoms with E-state index >= 15 is 0 Å². The number of thiophene rings is 1. The zero-order chi connectivity index (χ0) is 17.1. The van der Waals surface area contributed by atoms with Crippen molar-refractivity contribution in [2.45, 2.75) is 0 Å². The van der Waals surface area contributed by atoms with Crippen LogP contribution in [0.5, 0.6) is 0 Å². The number of carbonyl (C=O) groups is 2. The summed E-state index contributed by atoms with van der Waals surface area (Å²) in [4.78, 5) is 25.6. The number of anilines is 1. The lowest BCUT2D eigenvalue weighted by Gasteiger charge is -2.10. The van der Waals surface area contributed by atoms with Crippen LogP contribution >= 0.6 is 22.9 Å². The molecular formula is C18H11ClFNO2S. The predicted molar refractivity (Wildman–Crippen MR) is 93.6 cm³/mol. The number of halogens is 2. The Balaban J connectivity index is 1.92. The Labute approximate surface area is 146 Å². The maximum Gasteiger partial charge on any atom is 0.256 e. The molecule has 0 atom stereocenters. The molecule has 3 rings (SSSR count). The van der Waals surface area contributed by atoms with Crippen molar-refractivity contribution in [3.8, 4) is 0 Å². The van der Waals surface area contributed by atoms with Crippen LogP contribution in [0.2, 0.25) is 5.02 Å². The molecule has 0 saturated carbocycles. The molecule has 1 amide bonds. The summed E-state index contributed by atoms with van der Waals surface area (Å²) >= 11 is 7.00. The number of hydrogen-bond donors (Lipinski definition) is 1. The third kappa shape index (κ3) is 3.37. The van der Waals surface area contributed by atoms with E-state index in [4.69, 9.17) is 11.6 Å². The quantitative estimate of drug-likeness (QED) is 0.664. The van der Waals surface area contributed by atoms with Gasteiger partial charge in [-0.05, 0) is 35.7 Å². The van der Waals surface area contributed by atoms with Crippen molar-refractivity contribution in [1.82, 2.24) is 0 Å². The second-order valence-electron chi connectivity index (χ2n) is 4.93. The first kappa shape index (κ1) is 16.4. The fraction of sp³-hybridized carbons (Fsp3) is 0.